The van der Waals surface area contributed by atoms with Gasteiger partial charge < -0.3 is 19.5 Å². The molecule has 0 aliphatic rings. The van der Waals surface area contributed by atoms with Gasteiger partial charge in [-0.2, -0.15) is 0 Å². The summed E-state index contributed by atoms with van der Waals surface area (Å²) in [4.78, 5) is 35.2. The molecule has 1 N–H and O–H groups in total. The molecule has 0 bridgehead atoms. The normalized spacial score (nSPS) is 11.3. The predicted octanol–water partition coefficient (Wildman–Crippen LogP) is 2.57. The second-order valence-corrected chi connectivity index (χ2v) is 6.39. The van der Waals surface area contributed by atoms with Crippen LogP contribution < -0.4 is 14.8 Å². The van der Waals surface area contributed by atoms with Gasteiger partial charge in [-0.3, -0.25) is 9.59 Å². The highest BCUT2D eigenvalue weighted by Gasteiger charge is 2.17. The Hall–Kier alpha value is -3.35. The molecule has 154 valence electrons. The van der Waals surface area contributed by atoms with Crippen LogP contribution in [-0.2, 0) is 20.7 Å². The number of nitrogens with one attached hydrogen (secondary N) is 1. The fraction of sp³-hybridized carbons (Fsp3) is 0.318. The van der Waals surface area contributed by atoms with Crippen LogP contribution in [0.25, 0.3) is 0 Å². The van der Waals surface area contributed by atoms with Crippen LogP contribution in [-0.4, -0.2) is 44.0 Å². The number of ether oxygens (including phenoxy) is 3. The highest BCUT2D eigenvalue weighted by atomic mass is 16.6. The van der Waals surface area contributed by atoms with Crippen molar-refractivity contribution < 1.29 is 28.6 Å². The molecule has 2 aromatic carbocycles. The quantitative estimate of drug-likeness (QED) is 0.488. The maximum atomic E-state index is 12.1. The summed E-state index contributed by atoms with van der Waals surface area (Å²) in [5, 5.41) is 2.74. The first-order valence-corrected chi connectivity index (χ1v) is 9.23. The second-order valence-electron chi connectivity index (χ2n) is 6.39. The van der Waals surface area contributed by atoms with Gasteiger partial charge in [-0.25, -0.2) is 4.79 Å². The van der Waals surface area contributed by atoms with E-state index in [0.29, 0.717) is 24.3 Å². The molecule has 0 radical (unpaired) electrons. The van der Waals surface area contributed by atoms with Crippen LogP contribution in [0.3, 0.4) is 0 Å². The summed E-state index contributed by atoms with van der Waals surface area (Å²) in [6, 6.07) is 14.0. The number of hydrogen-bond acceptors (Lipinski definition) is 6. The van der Waals surface area contributed by atoms with E-state index >= 15 is 0 Å². The molecule has 0 aromatic heterocycles. The first kappa shape index (κ1) is 21.9. The number of ketones is 1. The van der Waals surface area contributed by atoms with E-state index in [4.69, 9.17) is 14.2 Å². The average molecular weight is 399 g/mol. The first-order chi connectivity index (χ1) is 13.9. The lowest BCUT2D eigenvalue weighted by Crippen LogP contribution is -2.37. The SMILES string of the molecule is COc1ccc(CCNC(=O)[C@H](C)OC(=O)COc2ccc(C(C)=O)cc2)cc1. The van der Waals surface area contributed by atoms with Gasteiger partial charge in [0.2, 0.25) is 0 Å². The molecule has 2 rings (SSSR count). The molecule has 2 aromatic rings. The number of amides is 1. The van der Waals surface area contributed by atoms with E-state index in [0.717, 1.165) is 11.3 Å². The van der Waals surface area contributed by atoms with E-state index in [1.165, 1.54) is 13.8 Å². The van der Waals surface area contributed by atoms with Gasteiger partial charge in [-0.1, -0.05) is 12.1 Å². The van der Waals surface area contributed by atoms with Crippen molar-refractivity contribution in [2.24, 2.45) is 0 Å². The van der Waals surface area contributed by atoms with Gasteiger partial charge in [-0.05, 0) is 62.2 Å². The fourth-order valence-electron chi connectivity index (χ4n) is 2.48. The Labute approximate surface area is 170 Å². The lowest BCUT2D eigenvalue weighted by atomic mass is 10.1. The van der Waals surface area contributed by atoms with Crippen molar-refractivity contribution in [2.75, 3.05) is 20.3 Å². The molecule has 0 saturated carbocycles. The van der Waals surface area contributed by atoms with Gasteiger partial charge in [0.15, 0.2) is 18.5 Å². The maximum absolute atomic E-state index is 12.1. The molecule has 0 aliphatic heterocycles. The molecular formula is C22H25NO6. The Morgan fingerprint density at radius 2 is 1.59 bits per heavy atom. The molecule has 7 heteroatoms. The van der Waals surface area contributed by atoms with Gasteiger partial charge in [0.25, 0.3) is 5.91 Å². The van der Waals surface area contributed by atoms with Gasteiger partial charge >= 0.3 is 5.97 Å². The van der Waals surface area contributed by atoms with Crippen LogP contribution in [0.4, 0.5) is 0 Å². The molecule has 0 unspecified atom stereocenters. The highest BCUT2D eigenvalue weighted by Crippen LogP contribution is 2.13. The van der Waals surface area contributed by atoms with Crippen molar-refractivity contribution >= 4 is 17.7 Å². The van der Waals surface area contributed by atoms with E-state index in [1.807, 2.05) is 24.3 Å². The second kappa shape index (κ2) is 10.8. The van der Waals surface area contributed by atoms with Gasteiger partial charge in [0.1, 0.15) is 11.5 Å². The van der Waals surface area contributed by atoms with Crippen molar-refractivity contribution in [1.29, 1.82) is 0 Å². The minimum Gasteiger partial charge on any atom is -0.497 e. The molecule has 0 aliphatic carbocycles. The Kier molecular flexibility index (Phi) is 8.21. The molecule has 0 spiro atoms. The van der Waals surface area contributed by atoms with E-state index in [1.54, 1.807) is 31.4 Å². The summed E-state index contributed by atoms with van der Waals surface area (Å²) in [6.07, 6.45) is -0.280. The van der Waals surface area contributed by atoms with Crippen LogP contribution in [0, 0.1) is 0 Å². The number of Topliss-reactive ketones (excluding diaryl/α,β-unsaturated/α-hetero) is 1. The molecule has 0 fully saturated rings. The fourth-order valence-corrected chi connectivity index (χ4v) is 2.48. The first-order valence-electron chi connectivity index (χ1n) is 9.23. The summed E-state index contributed by atoms with van der Waals surface area (Å²) >= 11 is 0. The molecule has 0 saturated heterocycles. The summed E-state index contributed by atoms with van der Waals surface area (Å²) in [7, 11) is 1.60. The number of methoxy groups -OCH3 is 1. The van der Waals surface area contributed by atoms with Crippen molar-refractivity contribution in [2.45, 2.75) is 26.4 Å². The Balaban J connectivity index is 1.69. The molecule has 7 nitrogen and oxygen atoms in total. The number of esters is 1. The monoisotopic (exact) mass is 399 g/mol. The van der Waals surface area contributed by atoms with Crippen molar-refractivity contribution in [1.82, 2.24) is 5.32 Å². The molecule has 0 heterocycles. The van der Waals surface area contributed by atoms with Gasteiger partial charge in [-0.15, -0.1) is 0 Å². The Morgan fingerprint density at radius 3 is 2.17 bits per heavy atom. The largest absolute Gasteiger partial charge is 0.497 e. The third-order valence-corrected chi connectivity index (χ3v) is 4.17. The number of hydrogen-bond donors (Lipinski definition) is 1. The smallest absolute Gasteiger partial charge is 0.344 e. The third kappa shape index (κ3) is 7.29. The summed E-state index contributed by atoms with van der Waals surface area (Å²) in [5.74, 6) is 0.123. The molecule has 1 atom stereocenters. The zero-order chi connectivity index (χ0) is 21.2. The standard InChI is InChI=1S/C22H25NO6/c1-15(24)18-6-10-20(11-7-18)28-14-21(25)29-16(2)22(26)23-13-12-17-4-8-19(27-3)9-5-17/h4-11,16H,12-14H2,1-3H3,(H,23,26)/t16-/m0/s1. The minimum absolute atomic E-state index is 0.0530. The topological polar surface area (TPSA) is 90.9 Å². The summed E-state index contributed by atoms with van der Waals surface area (Å²) < 4.78 is 15.5. The maximum Gasteiger partial charge on any atom is 0.344 e. The van der Waals surface area contributed by atoms with Crippen LogP contribution in [0.5, 0.6) is 11.5 Å². The van der Waals surface area contributed by atoms with Gasteiger partial charge in [0, 0.05) is 12.1 Å². The van der Waals surface area contributed by atoms with E-state index < -0.39 is 12.1 Å². The van der Waals surface area contributed by atoms with Crippen molar-refractivity contribution in [3.05, 3.63) is 59.7 Å². The summed E-state index contributed by atoms with van der Waals surface area (Å²) in [5.41, 5.74) is 1.61. The number of benzene rings is 2. The summed E-state index contributed by atoms with van der Waals surface area (Å²) in [6.45, 7) is 3.06. The molecular weight excluding hydrogens is 374 g/mol. The average Bonchev–Trinajstić information content (AvgIpc) is 2.72. The number of carbonyl (C=O) groups is 3. The third-order valence-electron chi connectivity index (χ3n) is 4.17. The lowest BCUT2D eigenvalue weighted by molar-refractivity contribution is -0.156. The highest BCUT2D eigenvalue weighted by molar-refractivity contribution is 5.94. The lowest BCUT2D eigenvalue weighted by Gasteiger charge is -2.14. The Morgan fingerprint density at radius 1 is 0.966 bits per heavy atom. The van der Waals surface area contributed by atoms with Crippen molar-refractivity contribution in [3.8, 4) is 11.5 Å². The number of rotatable bonds is 10. The van der Waals surface area contributed by atoms with E-state index in [2.05, 4.69) is 5.32 Å². The van der Waals surface area contributed by atoms with Crippen LogP contribution in [0.2, 0.25) is 0 Å². The Bertz CT molecular complexity index is 829. The van der Waals surface area contributed by atoms with Crippen molar-refractivity contribution in [3.63, 3.8) is 0 Å². The van der Waals surface area contributed by atoms with Gasteiger partial charge in [0.05, 0.1) is 7.11 Å². The number of carbonyl (C=O) groups excluding carboxylic acids is 3. The predicted molar refractivity (Wildman–Crippen MR) is 107 cm³/mol. The minimum atomic E-state index is -0.929. The van der Waals surface area contributed by atoms with Crippen LogP contribution in [0.15, 0.2) is 48.5 Å². The van der Waals surface area contributed by atoms with Crippen LogP contribution >= 0.6 is 0 Å². The van der Waals surface area contributed by atoms with Crippen LogP contribution in [0.1, 0.15) is 29.8 Å². The molecule has 29 heavy (non-hydrogen) atoms. The molecule has 1 amide bonds. The van der Waals surface area contributed by atoms with E-state index in [-0.39, 0.29) is 18.3 Å². The van der Waals surface area contributed by atoms with E-state index in [9.17, 15) is 14.4 Å². The zero-order valence-corrected chi connectivity index (χ0v) is 16.8. The zero-order valence-electron chi connectivity index (χ0n) is 16.8.